The van der Waals surface area contributed by atoms with E-state index in [1.807, 2.05) is 0 Å². The van der Waals surface area contributed by atoms with E-state index in [0.29, 0.717) is 18.0 Å². The second-order valence-electron chi connectivity index (χ2n) is 8.87. The van der Waals surface area contributed by atoms with Crippen LogP contribution in [0.25, 0.3) is 11.0 Å². The van der Waals surface area contributed by atoms with E-state index in [-0.39, 0.29) is 5.92 Å². The number of piperidine rings is 1. The molecule has 0 unspecified atom stereocenters. The predicted molar refractivity (Wildman–Crippen MR) is 113 cm³/mol. The van der Waals surface area contributed by atoms with Gasteiger partial charge in [0.2, 0.25) is 5.91 Å². The molecule has 2 fully saturated rings. The molecule has 1 saturated carbocycles. The van der Waals surface area contributed by atoms with E-state index in [1.54, 1.807) is 0 Å². The number of rotatable bonds is 5. The van der Waals surface area contributed by atoms with Gasteiger partial charge >= 0.3 is 0 Å². The molecule has 1 amide bonds. The Morgan fingerprint density at radius 2 is 1.82 bits per heavy atom. The molecule has 1 aliphatic heterocycles. The Bertz CT molecular complexity index is 798. The molecule has 2 heterocycles. The Labute approximate surface area is 168 Å². The molecule has 0 radical (unpaired) electrons. The number of nitrogens with one attached hydrogen (secondary N) is 1. The molecule has 1 aliphatic carbocycles. The van der Waals surface area contributed by atoms with Crippen LogP contribution in [0.2, 0.25) is 0 Å². The molecule has 0 atom stereocenters. The van der Waals surface area contributed by atoms with E-state index in [9.17, 15) is 4.79 Å². The number of nitrogens with zero attached hydrogens (tertiary/aromatic N) is 3. The molecule has 0 bridgehead atoms. The Morgan fingerprint density at radius 1 is 1.11 bits per heavy atom. The molecule has 28 heavy (non-hydrogen) atoms. The lowest BCUT2D eigenvalue weighted by Crippen LogP contribution is -2.44. The molecule has 1 aromatic carbocycles. The summed E-state index contributed by atoms with van der Waals surface area (Å²) in [6, 6.07) is 9.21. The van der Waals surface area contributed by atoms with Gasteiger partial charge in [-0.2, -0.15) is 0 Å². The van der Waals surface area contributed by atoms with Crippen molar-refractivity contribution in [2.45, 2.75) is 77.4 Å². The van der Waals surface area contributed by atoms with E-state index in [4.69, 9.17) is 4.98 Å². The fourth-order valence-electron chi connectivity index (χ4n) is 4.90. The minimum Gasteiger partial charge on any atom is -0.353 e. The number of aromatic nitrogens is 2. The van der Waals surface area contributed by atoms with Gasteiger partial charge in [-0.3, -0.25) is 9.69 Å². The largest absolute Gasteiger partial charge is 0.353 e. The third-order valence-electron chi connectivity index (χ3n) is 6.46. The lowest BCUT2D eigenvalue weighted by Gasteiger charge is -2.32. The second kappa shape index (κ2) is 8.64. The monoisotopic (exact) mass is 382 g/mol. The van der Waals surface area contributed by atoms with Gasteiger partial charge in [-0.1, -0.05) is 31.4 Å². The molecule has 1 aromatic heterocycles. The van der Waals surface area contributed by atoms with Crippen LogP contribution in [0.1, 0.15) is 70.7 Å². The van der Waals surface area contributed by atoms with Crippen molar-refractivity contribution in [2.75, 3.05) is 13.1 Å². The van der Waals surface area contributed by atoms with Crippen molar-refractivity contribution in [3.63, 3.8) is 0 Å². The van der Waals surface area contributed by atoms with Crippen molar-refractivity contribution in [1.29, 1.82) is 0 Å². The van der Waals surface area contributed by atoms with Gasteiger partial charge in [0.25, 0.3) is 0 Å². The Balaban J connectivity index is 1.35. The fourth-order valence-corrected chi connectivity index (χ4v) is 4.90. The Kier molecular flexibility index (Phi) is 6.00. The van der Waals surface area contributed by atoms with E-state index in [2.05, 4.69) is 52.9 Å². The van der Waals surface area contributed by atoms with Gasteiger partial charge in [0, 0.05) is 18.0 Å². The molecule has 5 heteroatoms. The van der Waals surface area contributed by atoms with Crippen LogP contribution < -0.4 is 5.32 Å². The highest BCUT2D eigenvalue weighted by Gasteiger charge is 2.28. The summed E-state index contributed by atoms with van der Waals surface area (Å²) in [6.45, 7) is 7.26. The SMILES string of the molecule is CC(C)n1c(CN2CCC(C(=O)NC3CCCCC3)CC2)nc2ccccc21. The highest BCUT2D eigenvalue weighted by atomic mass is 16.1. The number of likely N-dealkylation sites (tertiary alicyclic amines) is 1. The summed E-state index contributed by atoms with van der Waals surface area (Å²) in [5.41, 5.74) is 2.29. The highest BCUT2D eigenvalue weighted by molar-refractivity contribution is 5.79. The van der Waals surface area contributed by atoms with Crippen LogP contribution in [0, 0.1) is 5.92 Å². The number of amides is 1. The summed E-state index contributed by atoms with van der Waals surface area (Å²) in [6.07, 6.45) is 8.10. The first-order valence-corrected chi connectivity index (χ1v) is 11.1. The van der Waals surface area contributed by atoms with Gasteiger partial charge in [-0.15, -0.1) is 0 Å². The van der Waals surface area contributed by atoms with Crippen LogP contribution in [-0.4, -0.2) is 39.5 Å². The van der Waals surface area contributed by atoms with Crippen molar-refractivity contribution in [2.24, 2.45) is 5.92 Å². The van der Waals surface area contributed by atoms with E-state index >= 15 is 0 Å². The van der Waals surface area contributed by atoms with Crippen molar-refractivity contribution in [3.05, 3.63) is 30.1 Å². The number of hydrogen-bond acceptors (Lipinski definition) is 3. The minimum absolute atomic E-state index is 0.182. The van der Waals surface area contributed by atoms with Crippen LogP contribution in [0.4, 0.5) is 0 Å². The number of hydrogen-bond donors (Lipinski definition) is 1. The number of fused-ring (bicyclic) bond motifs is 1. The molecule has 2 aliphatic rings. The van der Waals surface area contributed by atoms with Gasteiger partial charge in [0.1, 0.15) is 5.82 Å². The average molecular weight is 383 g/mol. The Morgan fingerprint density at radius 3 is 2.54 bits per heavy atom. The second-order valence-corrected chi connectivity index (χ2v) is 8.87. The summed E-state index contributed by atoms with van der Waals surface area (Å²) in [7, 11) is 0. The van der Waals surface area contributed by atoms with Gasteiger partial charge in [0.05, 0.1) is 17.6 Å². The number of carbonyl (C=O) groups is 1. The minimum atomic E-state index is 0.182. The molecule has 2 aromatic rings. The zero-order valence-corrected chi connectivity index (χ0v) is 17.4. The first kappa shape index (κ1) is 19.4. The molecule has 5 nitrogen and oxygen atoms in total. The Hall–Kier alpha value is -1.88. The van der Waals surface area contributed by atoms with E-state index in [1.165, 1.54) is 24.8 Å². The van der Waals surface area contributed by atoms with Crippen molar-refractivity contribution in [3.8, 4) is 0 Å². The molecule has 1 N–H and O–H groups in total. The van der Waals surface area contributed by atoms with Gasteiger partial charge < -0.3 is 9.88 Å². The highest BCUT2D eigenvalue weighted by Crippen LogP contribution is 2.25. The predicted octanol–water partition coefficient (Wildman–Crippen LogP) is 4.28. The molecule has 1 saturated heterocycles. The molecule has 152 valence electrons. The smallest absolute Gasteiger partial charge is 0.223 e. The van der Waals surface area contributed by atoms with Gasteiger partial charge in [-0.05, 0) is 64.8 Å². The number of carbonyl (C=O) groups excluding carboxylic acids is 1. The number of imidazole rings is 1. The van der Waals surface area contributed by atoms with E-state index in [0.717, 1.165) is 56.7 Å². The van der Waals surface area contributed by atoms with Crippen LogP contribution in [-0.2, 0) is 11.3 Å². The third kappa shape index (κ3) is 4.24. The molecule has 4 rings (SSSR count). The van der Waals surface area contributed by atoms with Crippen LogP contribution in [0.3, 0.4) is 0 Å². The number of benzene rings is 1. The van der Waals surface area contributed by atoms with E-state index < -0.39 is 0 Å². The lowest BCUT2D eigenvalue weighted by atomic mass is 9.92. The van der Waals surface area contributed by atoms with Crippen LogP contribution >= 0.6 is 0 Å². The summed E-state index contributed by atoms with van der Waals surface area (Å²) in [4.78, 5) is 20.0. The molecular formula is C23H34N4O. The van der Waals surface area contributed by atoms with Gasteiger partial charge in [0.15, 0.2) is 0 Å². The first-order valence-electron chi connectivity index (χ1n) is 11.1. The summed E-state index contributed by atoms with van der Waals surface area (Å²) >= 11 is 0. The number of para-hydroxylation sites is 2. The fraction of sp³-hybridized carbons (Fsp3) is 0.652. The molecular weight excluding hydrogens is 348 g/mol. The standard InChI is InChI=1S/C23H34N4O/c1-17(2)27-21-11-7-6-10-20(21)25-22(27)16-26-14-12-18(13-15-26)23(28)24-19-8-4-3-5-9-19/h6-7,10-11,17-19H,3-5,8-9,12-16H2,1-2H3,(H,24,28). The van der Waals surface area contributed by atoms with Crippen LogP contribution in [0.15, 0.2) is 24.3 Å². The third-order valence-corrected chi connectivity index (χ3v) is 6.46. The van der Waals surface area contributed by atoms with Crippen molar-refractivity contribution < 1.29 is 4.79 Å². The maximum atomic E-state index is 12.6. The first-order chi connectivity index (χ1) is 13.6. The zero-order chi connectivity index (χ0) is 19.5. The topological polar surface area (TPSA) is 50.2 Å². The summed E-state index contributed by atoms with van der Waals surface area (Å²) < 4.78 is 2.36. The quantitative estimate of drug-likeness (QED) is 0.840. The van der Waals surface area contributed by atoms with Gasteiger partial charge in [-0.25, -0.2) is 4.98 Å². The molecule has 0 spiro atoms. The average Bonchev–Trinajstić information content (AvgIpc) is 3.07. The van der Waals surface area contributed by atoms with Crippen molar-refractivity contribution in [1.82, 2.24) is 19.8 Å². The lowest BCUT2D eigenvalue weighted by molar-refractivity contribution is -0.127. The van der Waals surface area contributed by atoms with Crippen LogP contribution in [0.5, 0.6) is 0 Å². The summed E-state index contributed by atoms with van der Waals surface area (Å²) in [5, 5.41) is 3.32. The maximum Gasteiger partial charge on any atom is 0.223 e. The summed E-state index contributed by atoms with van der Waals surface area (Å²) in [5.74, 6) is 1.62. The normalized spacial score (nSPS) is 20.1. The maximum absolute atomic E-state index is 12.6. The van der Waals surface area contributed by atoms with Crippen molar-refractivity contribution >= 4 is 16.9 Å². The zero-order valence-electron chi connectivity index (χ0n) is 17.4.